The molecule has 0 aliphatic carbocycles. The molecule has 1 heterocycles. The van der Waals surface area contributed by atoms with E-state index in [2.05, 4.69) is 18.6 Å². The summed E-state index contributed by atoms with van der Waals surface area (Å²) in [5.41, 5.74) is 0. The number of carbonyl (C=O) groups excluding carboxylic acids is 1. The van der Waals surface area contributed by atoms with Crippen molar-refractivity contribution in [1.29, 1.82) is 0 Å². The summed E-state index contributed by atoms with van der Waals surface area (Å²) < 4.78 is 39.3. The molecular formula is C16H23FN2O3S. The van der Waals surface area contributed by atoms with Gasteiger partial charge in [0.2, 0.25) is 15.9 Å². The highest BCUT2D eigenvalue weighted by Crippen LogP contribution is 2.21. The van der Waals surface area contributed by atoms with Gasteiger partial charge in [-0.25, -0.2) is 17.5 Å². The Morgan fingerprint density at radius 3 is 2.35 bits per heavy atom. The van der Waals surface area contributed by atoms with E-state index in [0.717, 1.165) is 31.6 Å². The van der Waals surface area contributed by atoms with Crippen molar-refractivity contribution >= 4 is 15.9 Å². The molecule has 1 aliphatic heterocycles. The van der Waals surface area contributed by atoms with Crippen molar-refractivity contribution in [2.75, 3.05) is 19.6 Å². The highest BCUT2D eigenvalue weighted by atomic mass is 32.2. The van der Waals surface area contributed by atoms with Crippen LogP contribution in [0.5, 0.6) is 0 Å². The number of nitrogens with one attached hydrogen (secondary N) is 1. The van der Waals surface area contributed by atoms with Gasteiger partial charge in [-0.05, 0) is 42.5 Å². The molecule has 0 bridgehead atoms. The van der Waals surface area contributed by atoms with Gasteiger partial charge >= 0.3 is 0 Å². The molecule has 5 nitrogen and oxygen atoms in total. The molecule has 2 rings (SSSR count). The van der Waals surface area contributed by atoms with Crippen LogP contribution in [0.4, 0.5) is 4.39 Å². The number of amides is 1. The second-order valence-corrected chi connectivity index (χ2v) is 8.11. The molecule has 23 heavy (non-hydrogen) atoms. The summed E-state index contributed by atoms with van der Waals surface area (Å²) in [6.07, 6.45) is 1.24. The van der Waals surface area contributed by atoms with Crippen LogP contribution in [0.15, 0.2) is 29.2 Å². The predicted molar refractivity (Wildman–Crippen MR) is 85.7 cm³/mol. The minimum atomic E-state index is -3.71. The number of hydrogen-bond donors (Lipinski definition) is 1. The maximum Gasteiger partial charge on any atom is 0.240 e. The van der Waals surface area contributed by atoms with Gasteiger partial charge in [0.05, 0.1) is 4.90 Å². The number of halogens is 1. The summed E-state index contributed by atoms with van der Waals surface area (Å²) in [7, 11) is -3.71. The van der Waals surface area contributed by atoms with E-state index >= 15 is 0 Å². The van der Waals surface area contributed by atoms with Crippen LogP contribution in [0, 0.1) is 17.7 Å². The number of sulfonamides is 1. The summed E-state index contributed by atoms with van der Waals surface area (Å²) >= 11 is 0. The Kier molecular flexibility index (Phi) is 5.75. The number of carbonyl (C=O) groups is 1. The number of likely N-dealkylation sites (tertiary alicyclic amines) is 1. The Morgan fingerprint density at radius 2 is 1.78 bits per heavy atom. The summed E-state index contributed by atoms with van der Waals surface area (Å²) in [5, 5.41) is 0. The zero-order valence-corrected chi connectivity index (χ0v) is 14.3. The van der Waals surface area contributed by atoms with Crippen molar-refractivity contribution in [2.45, 2.75) is 31.6 Å². The Hall–Kier alpha value is -1.47. The van der Waals surface area contributed by atoms with Gasteiger partial charge in [-0.2, -0.15) is 0 Å². The number of piperidine rings is 1. The topological polar surface area (TPSA) is 66.5 Å². The zero-order valence-electron chi connectivity index (χ0n) is 13.5. The van der Waals surface area contributed by atoms with Crippen molar-refractivity contribution < 1.29 is 17.6 Å². The Labute approximate surface area is 136 Å². The first-order valence-corrected chi connectivity index (χ1v) is 9.29. The van der Waals surface area contributed by atoms with E-state index < -0.39 is 15.8 Å². The van der Waals surface area contributed by atoms with Crippen molar-refractivity contribution in [2.24, 2.45) is 11.8 Å². The number of benzene rings is 1. The van der Waals surface area contributed by atoms with Crippen LogP contribution in [-0.2, 0) is 14.8 Å². The van der Waals surface area contributed by atoms with Crippen LogP contribution in [0.1, 0.15) is 26.7 Å². The van der Waals surface area contributed by atoms with Crippen molar-refractivity contribution in [3.8, 4) is 0 Å². The van der Waals surface area contributed by atoms with Gasteiger partial charge in [-0.15, -0.1) is 0 Å². The lowest BCUT2D eigenvalue weighted by molar-refractivity contribution is -0.133. The standard InChI is InChI=1S/C16H23FN2O3S/c1-12-9-13(2)11-19(10-12)16(20)7-8-18-23(21,22)15-5-3-14(17)4-6-15/h3-6,12-13,18H,7-11H2,1-2H3/t12-,13+. The summed E-state index contributed by atoms with van der Waals surface area (Å²) in [6, 6.07) is 4.59. The van der Waals surface area contributed by atoms with Gasteiger partial charge < -0.3 is 4.90 Å². The molecule has 0 unspecified atom stereocenters. The molecule has 1 saturated heterocycles. The Bertz CT molecular complexity index is 636. The molecule has 1 aliphatic rings. The molecule has 1 aromatic carbocycles. The highest BCUT2D eigenvalue weighted by Gasteiger charge is 2.25. The van der Waals surface area contributed by atoms with Crippen LogP contribution in [0.3, 0.4) is 0 Å². The monoisotopic (exact) mass is 342 g/mol. The normalized spacial score (nSPS) is 22.1. The quantitative estimate of drug-likeness (QED) is 0.890. The summed E-state index contributed by atoms with van der Waals surface area (Å²) in [4.78, 5) is 14.0. The Morgan fingerprint density at radius 1 is 1.22 bits per heavy atom. The molecule has 1 amide bonds. The number of rotatable bonds is 5. The van der Waals surface area contributed by atoms with E-state index in [-0.39, 0.29) is 23.8 Å². The fraction of sp³-hybridized carbons (Fsp3) is 0.562. The molecular weight excluding hydrogens is 319 g/mol. The van der Waals surface area contributed by atoms with Crippen LogP contribution in [0.25, 0.3) is 0 Å². The number of nitrogens with zero attached hydrogens (tertiary/aromatic N) is 1. The van der Waals surface area contributed by atoms with Gasteiger partial charge in [-0.1, -0.05) is 13.8 Å². The fourth-order valence-electron chi connectivity index (χ4n) is 3.01. The first kappa shape index (κ1) is 17.9. The Balaban J connectivity index is 1.86. The molecule has 0 radical (unpaired) electrons. The van der Waals surface area contributed by atoms with E-state index in [0.29, 0.717) is 11.8 Å². The average molecular weight is 342 g/mol. The number of hydrogen-bond acceptors (Lipinski definition) is 3. The van der Waals surface area contributed by atoms with Crippen LogP contribution < -0.4 is 4.72 Å². The maximum atomic E-state index is 12.8. The van der Waals surface area contributed by atoms with E-state index in [9.17, 15) is 17.6 Å². The predicted octanol–water partition coefficient (Wildman–Crippen LogP) is 2.00. The second kappa shape index (κ2) is 7.40. The lowest BCUT2D eigenvalue weighted by atomic mass is 9.92. The van der Waals surface area contributed by atoms with E-state index in [1.165, 1.54) is 12.1 Å². The molecule has 1 aromatic rings. The van der Waals surface area contributed by atoms with Gasteiger partial charge in [0.25, 0.3) is 0 Å². The third-order valence-electron chi connectivity index (χ3n) is 3.98. The third kappa shape index (κ3) is 5.00. The van der Waals surface area contributed by atoms with Crippen LogP contribution >= 0.6 is 0 Å². The SMILES string of the molecule is C[C@@H]1C[C@H](C)CN(C(=O)CCNS(=O)(=O)c2ccc(F)cc2)C1. The van der Waals surface area contributed by atoms with Crippen LogP contribution in [0.2, 0.25) is 0 Å². The summed E-state index contributed by atoms with van der Waals surface area (Å²) in [5.74, 6) is 0.412. The highest BCUT2D eigenvalue weighted by molar-refractivity contribution is 7.89. The zero-order chi connectivity index (χ0) is 17.0. The molecule has 2 atom stereocenters. The third-order valence-corrected chi connectivity index (χ3v) is 5.45. The van der Waals surface area contributed by atoms with E-state index in [1.54, 1.807) is 0 Å². The fourth-order valence-corrected chi connectivity index (χ4v) is 4.05. The summed E-state index contributed by atoms with van der Waals surface area (Å²) in [6.45, 7) is 5.74. The first-order valence-electron chi connectivity index (χ1n) is 7.81. The van der Waals surface area contributed by atoms with Crippen LogP contribution in [-0.4, -0.2) is 38.9 Å². The minimum absolute atomic E-state index is 0.00781. The van der Waals surface area contributed by atoms with Crippen molar-refractivity contribution in [1.82, 2.24) is 9.62 Å². The lowest BCUT2D eigenvalue weighted by Gasteiger charge is -2.35. The van der Waals surface area contributed by atoms with Gasteiger partial charge in [-0.3, -0.25) is 4.79 Å². The van der Waals surface area contributed by atoms with Gasteiger partial charge in [0, 0.05) is 26.1 Å². The largest absolute Gasteiger partial charge is 0.342 e. The smallest absolute Gasteiger partial charge is 0.240 e. The van der Waals surface area contributed by atoms with Gasteiger partial charge in [0.15, 0.2) is 0 Å². The van der Waals surface area contributed by atoms with Crippen molar-refractivity contribution in [3.05, 3.63) is 30.1 Å². The first-order chi connectivity index (χ1) is 10.8. The average Bonchev–Trinajstić information content (AvgIpc) is 2.46. The lowest BCUT2D eigenvalue weighted by Crippen LogP contribution is -2.43. The molecule has 1 fully saturated rings. The second-order valence-electron chi connectivity index (χ2n) is 6.35. The molecule has 0 aromatic heterocycles. The molecule has 0 spiro atoms. The maximum absolute atomic E-state index is 12.8. The molecule has 0 saturated carbocycles. The van der Waals surface area contributed by atoms with Crippen molar-refractivity contribution in [3.63, 3.8) is 0 Å². The minimum Gasteiger partial charge on any atom is -0.342 e. The molecule has 128 valence electrons. The van der Waals surface area contributed by atoms with E-state index in [1.807, 2.05) is 4.90 Å². The molecule has 1 N–H and O–H groups in total. The van der Waals surface area contributed by atoms with Gasteiger partial charge in [0.1, 0.15) is 5.82 Å². The van der Waals surface area contributed by atoms with E-state index in [4.69, 9.17) is 0 Å². The molecule has 7 heteroatoms.